The number of carbonyl (C=O) groups is 1. The number of ether oxygens (including phenoxy) is 1. The van der Waals surface area contributed by atoms with Crippen molar-refractivity contribution < 1.29 is 9.53 Å². The minimum Gasteiger partial charge on any atom is -0.497 e. The van der Waals surface area contributed by atoms with Gasteiger partial charge in [0.05, 0.1) is 17.2 Å². The molecule has 2 aromatic rings. The summed E-state index contributed by atoms with van der Waals surface area (Å²) in [4.78, 5) is 12.5. The van der Waals surface area contributed by atoms with Crippen LogP contribution in [-0.2, 0) is 0 Å². The number of anilines is 1. The molecule has 1 atom stereocenters. The quantitative estimate of drug-likeness (QED) is 0.290. The molecular weight excluding hydrogens is 488 g/mol. The van der Waals surface area contributed by atoms with E-state index in [2.05, 4.69) is 16.0 Å². The van der Waals surface area contributed by atoms with Crippen LogP contribution in [0.1, 0.15) is 10.4 Å². The van der Waals surface area contributed by atoms with E-state index in [1.807, 2.05) is 0 Å². The fourth-order valence-corrected chi connectivity index (χ4v) is 2.91. The Balaban J connectivity index is 2.09. The number of carbonyl (C=O) groups excluding carboxylic acids is 1. The second kappa shape index (κ2) is 10.1. The van der Waals surface area contributed by atoms with Crippen LogP contribution in [0.2, 0.25) is 10.0 Å². The van der Waals surface area contributed by atoms with Gasteiger partial charge >= 0.3 is 0 Å². The molecule has 1 amide bonds. The minimum atomic E-state index is -1.89. The number of hydrogen-bond donors (Lipinski definition) is 3. The van der Waals surface area contributed by atoms with Crippen LogP contribution in [0.4, 0.5) is 5.69 Å². The van der Waals surface area contributed by atoms with Crippen molar-refractivity contribution in [2.24, 2.45) is 0 Å². The zero-order chi connectivity index (χ0) is 20.9. The predicted octanol–water partition coefficient (Wildman–Crippen LogP) is 5.41. The maximum atomic E-state index is 12.5. The van der Waals surface area contributed by atoms with Gasteiger partial charge in [-0.25, -0.2) is 0 Å². The van der Waals surface area contributed by atoms with Crippen LogP contribution in [0.5, 0.6) is 5.75 Å². The summed E-state index contributed by atoms with van der Waals surface area (Å²) in [6.45, 7) is 0. The van der Waals surface area contributed by atoms with Gasteiger partial charge < -0.3 is 20.7 Å². The molecule has 0 aliphatic heterocycles. The minimum absolute atomic E-state index is 0.0978. The predicted molar refractivity (Wildman–Crippen MR) is 120 cm³/mol. The van der Waals surface area contributed by atoms with E-state index in [0.29, 0.717) is 27.0 Å². The third kappa shape index (κ3) is 6.72. The zero-order valence-electron chi connectivity index (χ0n) is 14.2. The molecule has 0 spiro atoms. The lowest BCUT2D eigenvalue weighted by Crippen LogP contribution is -2.56. The molecule has 0 bridgehead atoms. The summed E-state index contributed by atoms with van der Waals surface area (Å²) in [5, 5.41) is 9.06. The fourth-order valence-electron chi connectivity index (χ4n) is 2.05. The lowest BCUT2D eigenvalue weighted by atomic mass is 10.2. The number of rotatable bonds is 5. The summed E-state index contributed by atoms with van der Waals surface area (Å²) in [6, 6.07) is 11.4. The Morgan fingerprint density at radius 3 is 2.39 bits per heavy atom. The summed E-state index contributed by atoms with van der Waals surface area (Å²) in [5.74, 6) is 0.0305. The zero-order valence-corrected chi connectivity index (χ0v) is 18.8. The highest BCUT2D eigenvalue weighted by Gasteiger charge is 2.35. The molecule has 0 saturated carbocycles. The second-order valence-electron chi connectivity index (χ2n) is 5.41. The number of hydrogen-bond acceptors (Lipinski definition) is 3. The van der Waals surface area contributed by atoms with Gasteiger partial charge in [0.1, 0.15) is 11.9 Å². The first-order chi connectivity index (χ1) is 13.1. The molecule has 0 saturated heterocycles. The molecule has 0 unspecified atom stereocenters. The highest BCUT2D eigenvalue weighted by atomic mass is 35.6. The van der Waals surface area contributed by atoms with Crippen molar-refractivity contribution in [3.63, 3.8) is 0 Å². The topological polar surface area (TPSA) is 62.4 Å². The van der Waals surface area contributed by atoms with Gasteiger partial charge in [0, 0.05) is 11.3 Å². The molecule has 11 heteroatoms. The van der Waals surface area contributed by atoms with Crippen molar-refractivity contribution in [3.8, 4) is 5.75 Å². The monoisotopic (exact) mass is 499 g/mol. The number of thiocarbonyl (C=S) groups is 1. The second-order valence-corrected chi connectivity index (χ2v) is 9.00. The molecule has 150 valence electrons. The molecule has 3 N–H and O–H groups in total. The first-order valence-corrected chi connectivity index (χ1v) is 9.94. The van der Waals surface area contributed by atoms with Crippen LogP contribution in [0.3, 0.4) is 0 Å². The smallest absolute Gasteiger partial charge is 0.253 e. The molecule has 2 rings (SSSR count). The standard InChI is InChI=1S/C17H14Cl5N3O2S/c1-27-11-4-2-3-9(7-11)14(26)24-15(17(20,21)22)25-16(28)23-10-5-6-12(18)13(19)8-10/h2-8,15H,1H3,(H,24,26)(H2,23,25,28)/t15-/m0/s1. The highest BCUT2D eigenvalue weighted by Crippen LogP contribution is 2.30. The fraction of sp³-hybridized carbons (Fsp3) is 0.176. The van der Waals surface area contributed by atoms with E-state index >= 15 is 0 Å². The summed E-state index contributed by atoms with van der Waals surface area (Å²) in [6.07, 6.45) is -1.13. The molecule has 0 heterocycles. The summed E-state index contributed by atoms with van der Waals surface area (Å²) < 4.78 is 3.21. The van der Waals surface area contributed by atoms with Crippen LogP contribution in [0.15, 0.2) is 42.5 Å². The van der Waals surface area contributed by atoms with E-state index in [1.54, 1.807) is 42.5 Å². The average Bonchev–Trinajstić information content (AvgIpc) is 2.63. The van der Waals surface area contributed by atoms with Crippen molar-refractivity contribution in [2.75, 3.05) is 12.4 Å². The van der Waals surface area contributed by atoms with Crippen LogP contribution in [-0.4, -0.2) is 28.1 Å². The van der Waals surface area contributed by atoms with E-state index < -0.39 is 15.9 Å². The van der Waals surface area contributed by atoms with E-state index in [-0.39, 0.29) is 5.11 Å². The largest absolute Gasteiger partial charge is 0.497 e. The lowest BCUT2D eigenvalue weighted by Gasteiger charge is -2.28. The summed E-state index contributed by atoms with van der Waals surface area (Å²) in [7, 11) is 1.50. The van der Waals surface area contributed by atoms with Crippen LogP contribution in [0, 0.1) is 0 Å². The SMILES string of the molecule is COc1cccc(C(=O)N[C@@H](NC(=S)Nc2ccc(Cl)c(Cl)c2)C(Cl)(Cl)Cl)c1. The Kier molecular flexibility index (Phi) is 8.30. The maximum absolute atomic E-state index is 12.5. The molecule has 0 fully saturated rings. The van der Waals surface area contributed by atoms with E-state index in [4.69, 9.17) is 75.0 Å². The van der Waals surface area contributed by atoms with Crippen molar-refractivity contribution in [1.29, 1.82) is 0 Å². The van der Waals surface area contributed by atoms with Crippen molar-refractivity contribution in [3.05, 3.63) is 58.1 Å². The number of alkyl halides is 3. The van der Waals surface area contributed by atoms with Gasteiger partial charge in [-0.2, -0.15) is 0 Å². The first kappa shape index (κ1) is 23.1. The van der Waals surface area contributed by atoms with Crippen LogP contribution in [0.25, 0.3) is 0 Å². The highest BCUT2D eigenvalue weighted by molar-refractivity contribution is 7.80. The van der Waals surface area contributed by atoms with Gasteiger partial charge in [0.25, 0.3) is 5.91 Å². The molecule has 0 aliphatic rings. The molecule has 0 aliphatic carbocycles. The van der Waals surface area contributed by atoms with Crippen LogP contribution >= 0.6 is 70.2 Å². The van der Waals surface area contributed by atoms with Gasteiger partial charge in [-0.15, -0.1) is 0 Å². The van der Waals surface area contributed by atoms with E-state index in [0.717, 1.165) is 0 Å². The lowest BCUT2D eigenvalue weighted by molar-refractivity contribution is 0.0934. The summed E-state index contributed by atoms with van der Waals surface area (Å²) in [5.41, 5.74) is 0.887. The molecule has 5 nitrogen and oxygen atoms in total. The Labute approximate surface area is 192 Å². The Hall–Kier alpha value is -1.15. The Bertz CT molecular complexity index is 876. The van der Waals surface area contributed by atoms with Gasteiger partial charge in [-0.3, -0.25) is 4.79 Å². The van der Waals surface area contributed by atoms with Crippen molar-refractivity contribution in [1.82, 2.24) is 10.6 Å². The number of methoxy groups -OCH3 is 1. The van der Waals surface area contributed by atoms with Gasteiger partial charge in [-0.05, 0) is 48.6 Å². The third-order valence-corrected chi connectivity index (χ3v) is 5.00. The Morgan fingerprint density at radius 1 is 1.07 bits per heavy atom. The number of nitrogens with one attached hydrogen (secondary N) is 3. The number of halogens is 5. The Morgan fingerprint density at radius 2 is 1.79 bits per heavy atom. The molecule has 0 radical (unpaired) electrons. The average molecular weight is 502 g/mol. The third-order valence-electron chi connectivity index (χ3n) is 3.39. The summed E-state index contributed by atoms with van der Waals surface area (Å²) >= 11 is 35.0. The normalized spacial score (nSPS) is 12.1. The van der Waals surface area contributed by atoms with Crippen LogP contribution < -0.4 is 20.7 Å². The molecule has 28 heavy (non-hydrogen) atoms. The van der Waals surface area contributed by atoms with E-state index in [1.165, 1.54) is 7.11 Å². The van der Waals surface area contributed by atoms with Gasteiger partial charge in [0.15, 0.2) is 5.11 Å². The van der Waals surface area contributed by atoms with Crippen molar-refractivity contribution in [2.45, 2.75) is 9.96 Å². The molecule has 2 aromatic carbocycles. The maximum Gasteiger partial charge on any atom is 0.253 e. The number of amides is 1. The van der Waals surface area contributed by atoms with Gasteiger partial charge in [-0.1, -0.05) is 64.1 Å². The first-order valence-electron chi connectivity index (χ1n) is 7.64. The van der Waals surface area contributed by atoms with Crippen molar-refractivity contribution >= 4 is 86.9 Å². The molecular formula is C17H14Cl5N3O2S. The van der Waals surface area contributed by atoms with Gasteiger partial charge in [0.2, 0.25) is 3.79 Å². The number of benzene rings is 2. The molecule has 0 aromatic heterocycles. The van der Waals surface area contributed by atoms with E-state index in [9.17, 15) is 4.79 Å².